The SMILES string of the molecule is CCCCOC(=O)Nc1nn(-c2cc(Cl)c(Oc3cc(Cc4ccc(OC)cn4)c(=O)[nH]n3)c(Cl)c2)c(=O)[nH]c1=O. The Morgan fingerprint density at radius 1 is 1.10 bits per heavy atom. The molecule has 14 nitrogen and oxygen atoms in total. The Morgan fingerprint density at radius 2 is 1.85 bits per heavy atom. The Labute approximate surface area is 241 Å². The van der Waals surface area contributed by atoms with Gasteiger partial charge in [0.15, 0.2) is 5.75 Å². The predicted molar refractivity (Wildman–Crippen MR) is 149 cm³/mol. The highest BCUT2D eigenvalue weighted by Crippen LogP contribution is 2.37. The molecule has 0 saturated carbocycles. The van der Waals surface area contributed by atoms with Crippen molar-refractivity contribution in [3.63, 3.8) is 0 Å². The highest BCUT2D eigenvalue weighted by atomic mass is 35.5. The van der Waals surface area contributed by atoms with Crippen LogP contribution in [-0.2, 0) is 11.2 Å². The fraction of sp³-hybridized carbons (Fsp3) is 0.240. The van der Waals surface area contributed by atoms with Crippen LogP contribution in [0, 0.1) is 0 Å². The van der Waals surface area contributed by atoms with Gasteiger partial charge in [-0.3, -0.25) is 24.9 Å². The third kappa shape index (κ3) is 7.29. The monoisotopic (exact) mass is 603 g/mol. The van der Waals surface area contributed by atoms with Crippen LogP contribution in [0.25, 0.3) is 5.69 Å². The molecule has 0 bridgehead atoms. The van der Waals surface area contributed by atoms with Crippen LogP contribution in [0.4, 0.5) is 10.6 Å². The van der Waals surface area contributed by atoms with E-state index in [0.29, 0.717) is 23.4 Å². The van der Waals surface area contributed by atoms with Crippen LogP contribution in [0.5, 0.6) is 17.4 Å². The van der Waals surface area contributed by atoms with Crippen molar-refractivity contribution in [1.29, 1.82) is 0 Å². The highest BCUT2D eigenvalue weighted by Gasteiger charge is 2.17. The number of nitrogens with zero attached hydrogens (tertiary/aromatic N) is 4. The lowest BCUT2D eigenvalue weighted by Crippen LogP contribution is -2.34. The number of pyridine rings is 1. The number of carbonyl (C=O) groups is 1. The summed E-state index contributed by atoms with van der Waals surface area (Å²) in [5.74, 6) is 0.0541. The number of rotatable bonds is 10. The van der Waals surface area contributed by atoms with Crippen LogP contribution in [0.1, 0.15) is 31.0 Å². The van der Waals surface area contributed by atoms with Gasteiger partial charge in [-0.05, 0) is 30.7 Å². The Morgan fingerprint density at radius 3 is 2.51 bits per heavy atom. The summed E-state index contributed by atoms with van der Waals surface area (Å²) in [6.45, 7) is 2.07. The quantitative estimate of drug-likeness (QED) is 0.227. The van der Waals surface area contributed by atoms with Crippen LogP contribution >= 0.6 is 23.2 Å². The molecule has 0 aliphatic rings. The fourth-order valence-corrected chi connectivity index (χ4v) is 3.96. The van der Waals surface area contributed by atoms with Crippen LogP contribution in [0.3, 0.4) is 0 Å². The summed E-state index contributed by atoms with van der Waals surface area (Å²) in [5, 5.41) is 12.2. The molecule has 3 N–H and O–H groups in total. The number of nitrogens with one attached hydrogen (secondary N) is 3. The second-order valence-electron chi connectivity index (χ2n) is 8.40. The summed E-state index contributed by atoms with van der Waals surface area (Å²) < 4.78 is 16.6. The highest BCUT2D eigenvalue weighted by molar-refractivity contribution is 6.37. The smallest absolute Gasteiger partial charge is 0.413 e. The van der Waals surface area contributed by atoms with Crippen LogP contribution in [0.15, 0.2) is 50.9 Å². The molecule has 0 saturated heterocycles. The first kappa shape index (κ1) is 29.3. The molecule has 0 aliphatic carbocycles. The molecule has 0 atom stereocenters. The van der Waals surface area contributed by atoms with E-state index in [1.807, 2.05) is 6.92 Å². The van der Waals surface area contributed by atoms with Gasteiger partial charge in [-0.15, -0.1) is 10.2 Å². The van der Waals surface area contributed by atoms with Crippen molar-refractivity contribution < 1.29 is 19.0 Å². The second-order valence-corrected chi connectivity index (χ2v) is 9.22. The van der Waals surface area contributed by atoms with Gasteiger partial charge in [-0.1, -0.05) is 36.5 Å². The van der Waals surface area contributed by atoms with E-state index in [1.165, 1.54) is 31.5 Å². The molecule has 1 aromatic carbocycles. The molecule has 1 amide bonds. The van der Waals surface area contributed by atoms with Crippen molar-refractivity contribution in [3.8, 4) is 23.1 Å². The van der Waals surface area contributed by atoms with Gasteiger partial charge in [-0.2, -0.15) is 4.68 Å². The molecule has 3 aromatic heterocycles. The number of hydrogen-bond acceptors (Lipinski definition) is 10. The maximum absolute atomic E-state index is 12.5. The van der Waals surface area contributed by atoms with E-state index < -0.39 is 28.7 Å². The number of hydrogen-bond donors (Lipinski definition) is 3. The van der Waals surface area contributed by atoms with E-state index in [0.717, 1.165) is 11.1 Å². The van der Waals surface area contributed by atoms with E-state index in [1.54, 1.807) is 12.1 Å². The first-order valence-electron chi connectivity index (χ1n) is 12.1. The lowest BCUT2D eigenvalue weighted by atomic mass is 10.1. The number of amides is 1. The summed E-state index contributed by atoms with van der Waals surface area (Å²) in [5.41, 5.74) is -1.31. The average Bonchev–Trinajstić information content (AvgIpc) is 2.94. The lowest BCUT2D eigenvalue weighted by Gasteiger charge is -2.12. The molecular weight excluding hydrogens is 581 g/mol. The Bertz CT molecular complexity index is 1710. The van der Waals surface area contributed by atoms with Gasteiger partial charge in [0.1, 0.15) is 5.75 Å². The minimum atomic E-state index is -0.930. The van der Waals surface area contributed by atoms with Gasteiger partial charge >= 0.3 is 11.8 Å². The van der Waals surface area contributed by atoms with Crippen molar-refractivity contribution in [3.05, 3.63) is 89.0 Å². The number of aromatic nitrogens is 6. The minimum Gasteiger partial charge on any atom is -0.495 e. The van der Waals surface area contributed by atoms with E-state index in [-0.39, 0.29) is 40.4 Å². The van der Waals surface area contributed by atoms with Crippen molar-refractivity contribution in [2.75, 3.05) is 19.0 Å². The number of ether oxygens (including phenoxy) is 3. The number of methoxy groups -OCH3 is 1. The molecule has 4 aromatic rings. The minimum absolute atomic E-state index is 0.0166. The van der Waals surface area contributed by atoms with Crippen LogP contribution in [0.2, 0.25) is 10.0 Å². The first-order valence-corrected chi connectivity index (χ1v) is 12.9. The number of halogens is 2. The van der Waals surface area contributed by atoms with Gasteiger partial charge in [0.2, 0.25) is 11.7 Å². The Hall–Kier alpha value is -4.69. The zero-order valence-electron chi connectivity index (χ0n) is 21.7. The summed E-state index contributed by atoms with van der Waals surface area (Å²) in [7, 11) is 1.52. The summed E-state index contributed by atoms with van der Waals surface area (Å²) >= 11 is 12.8. The largest absolute Gasteiger partial charge is 0.495 e. The third-order valence-corrected chi connectivity index (χ3v) is 6.04. The maximum atomic E-state index is 12.5. The van der Waals surface area contributed by atoms with E-state index in [9.17, 15) is 19.2 Å². The molecular formula is C25H23Cl2N7O7. The molecule has 0 spiro atoms. The van der Waals surface area contributed by atoms with Gasteiger partial charge < -0.3 is 14.2 Å². The molecule has 0 aliphatic heterocycles. The maximum Gasteiger partial charge on any atom is 0.413 e. The lowest BCUT2D eigenvalue weighted by molar-refractivity contribution is 0.159. The zero-order valence-corrected chi connectivity index (χ0v) is 23.2. The number of H-pyrrole nitrogens is 2. The van der Waals surface area contributed by atoms with Crippen LogP contribution < -0.4 is 31.6 Å². The van der Waals surface area contributed by atoms with Crippen molar-refractivity contribution in [2.45, 2.75) is 26.2 Å². The van der Waals surface area contributed by atoms with Crippen molar-refractivity contribution in [1.82, 2.24) is 29.9 Å². The Kier molecular flexibility index (Phi) is 9.37. The van der Waals surface area contributed by atoms with Gasteiger partial charge in [0.05, 0.1) is 35.6 Å². The fourth-order valence-electron chi connectivity index (χ4n) is 3.41. The van der Waals surface area contributed by atoms with Gasteiger partial charge in [-0.25, -0.2) is 14.7 Å². The summed E-state index contributed by atoms with van der Waals surface area (Å²) in [6, 6.07) is 7.45. The third-order valence-electron chi connectivity index (χ3n) is 5.48. The molecule has 0 fully saturated rings. The van der Waals surface area contributed by atoms with E-state index in [2.05, 4.69) is 30.6 Å². The standard InChI is InChI=1S/C25H23Cl2N7O7/c1-3-4-7-40-25(38)29-21-23(36)30-24(37)34(33-21)15-10-17(26)20(18(27)11-15)41-19-9-13(22(35)32-31-19)8-14-5-6-16(39-2)12-28-14/h5-6,9-12H,3-4,7-8H2,1-2H3,(H,32,35)(H,29,33,38)(H,30,36,37). The molecule has 0 unspecified atom stereocenters. The molecule has 4 rings (SSSR count). The summed E-state index contributed by atoms with van der Waals surface area (Å²) in [6.07, 6.45) is 2.25. The molecule has 41 heavy (non-hydrogen) atoms. The van der Waals surface area contributed by atoms with Crippen LogP contribution in [-0.4, -0.2) is 49.8 Å². The van der Waals surface area contributed by atoms with Gasteiger partial charge in [0, 0.05) is 23.7 Å². The normalized spacial score (nSPS) is 10.7. The second kappa shape index (κ2) is 13.1. The average molecular weight is 604 g/mol. The molecule has 214 valence electrons. The topological polar surface area (TPSA) is 183 Å². The first-order chi connectivity index (χ1) is 19.7. The zero-order chi connectivity index (χ0) is 29.5. The molecule has 16 heteroatoms. The number of anilines is 1. The number of unbranched alkanes of at least 4 members (excludes halogenated alkanes) is 1. The Balaban J connectivity index is 1.58. The van der Waals surface area contributed by atoms with E-state index in [4.69, 9.17) is 37.4 Å². The molecule has 0 radical (unpaired) electrons. The number of benzene rings is 1. The number of aromatic amines is 2. The van der Waals surface area contributed by atoms with Gasteiger partial charge in [0.25, 0.3) is 11.1 Å². The summed E-state index contributed by atoms with van der Waals surface area (Å²) in [4.78, 5) is 55.2. The predicted octanol–water partition coefficient (Wildman–Crippen LogP) is 3.45. The molecule has 3 heterocycles. The van der Waals surface area contributed by atoms with E-state index >= 15 is 0 Å². The van der Waals surface area contributed by atoms with Crippen molar-refractivity contribution in [2.24, 2.45) is 0 Å². The number of carbonyl (C=O) groups excluding carboxylic acids is 1. The van der Waals surface area contributed by atoms with Crippen molar-refractivity contribution >= 4 is 35.1 Å².